The van der Waals surface area contributed by atoms with Crippen molar-refractivity contribution in [1.82, 2.24) is 14.7 Å². The Morgan fingerprint density at radius 2 is 1.76 bits per heavy atom. The number of hydrogen-bond donors (Lipinski definition) is 0. The first kappa shape index (κ1) is 20.9. The van der Waals surface area contributed by atoms with Gasteiger partial charge >= 0.3 is 5.97 Å². The first-order chi connectivity index (χ1) is 11.7. The number of amides is 1. The smallest absolute Gasteiger partial charge is 0.359 e. The number of esters is 1. The summed E-state index contributed by atoms with van der Waals surface area (Å²) in [6.07, 6.45) is 0.725. The molecule has 0 saturated carbocycles. The van der Waals surface area contributed by atoms with E-state index in [0.717, 1.165) is 6.42 Å². The van der Waals surface area contributed by atoms with Crippen molar-refractivity contribution >= 4 is 11.9 Å². The normalized spacial score (nSPS) is 11.0. The minimum atomic E-state index is -0.702. The molecule has 0 fully saturated rings. The summed E-state index contributed by atoms with van der Waals surface area (Å²) < 4.78 is 6.32. The van der Waals surface area contributed by atoms with Crippen molar-refractivity contribution in [2.45, 2.75) is 47.6 Å². The van der Waals surface area contributed by atoms with Crippen LogP contribution in [0.2, 0.25) is 0 Å². The van der Waals surface area contributed by atoms with Crippen molar-refractivity contribution in [3.05, 3.63) is 28.2 Å². The molecule has 1 aromatic heterocycles. The van der Waals surface area contributed by atoms with Gasteiger partial charge in [-0.3, -0.25) is 9.59 Å². The van der Waals surface area contributed by atoms with Crippen LogP contribution in [-0.4, -0.2) is 46.3 Å². The molecule has 7 heteroatoms. The average molecular weight is 351 g/mol. The fraction of sp³-hybridized carbons (Fsp3) is 0.667. The molecule has 0 spiro atoms. The third-order valence-electron chi connectivity index (χ3n) is 3.36. The molecular weight excluding hydrogens is 322 g/mol. The Balaban J connectivity index is 2.72. The second-order valence-corrected chi connectivity index (χ2v) is 6.94. The predicted octanol–water partition coefficient (Wildman–Crippen LogP) is 1.95. The van der Waals surface area contributed by atoms with Crippen LogP contribution in [-0.2, 0) is 16.1 Å². The van der Waals surface area contributed by atoms with E-state index in [2.05, 4.69) is 5.10 Å². The predicted molar refractivity (Wildman–Crippen MR) is 95.3 cm³/mol. The zero-order valence-electron chi connectivity index (χ0n) is 15.8. The van der Waals surface area contributed by atoms with Gasteiger partial charge in [0.1, 0.15) is 0 Å². The lowest BCUT2D eigenvalue weighted by Crippen LogP contribution is -2.39. The van der Waals surface area contributed by atoms with Crippen molar-refractivity contribution < 1.29 is 14.3 Å². The highest BCUT2D eigenvalue weighted by atomic mass is 16.5. The van der Waals surface area contributed by atoms with Gasteiger partial charge < -0.3 is 9.64 Å². The van der Waals surface area contributed by atoms with E-state index in [1.54, 1.807) is 4.90 Å². The minimum absolute atomic E-state index is 0.0279. The SMILES string of the molecule is CCCn1nc(C(=O)OCC(=O)N(CC(C)C)CC(C)C)ccc1=O. The number of aromatic nitrogens is 2. The second-order valence-electron chi connectivity index (χ2n) is 6.94. The Morgan fingerprint density at radius 3 is 2.28 bits per heavy atom. The number of rotatable bonds is 9. The van der Waals surface area contributed by atoms with Gasteiger partial charge in [0, 0.05) is 25.7 Å². The van der Waals surface area contributed by atoms with E-state index in [0.29, 0.717) is 31.5 Å². The van der Waals surface area contributed by atoms with E-state index in [1.165, 1.54) is 16.8 Å². The second kappa shape index (κ2) is 9.96. The van der Waals surface area contributed by atoms with E-state index in [4.69, 9.17) is 4.74 Å². The van der Waals surface area contributed by atoms with Crippen LogP contribution in [0.25, 0.3) is 0 Å². The number of ether oxygens (including phenoxy) is 1. The standard InChI is InChI=1S/C18H29N3O4/c1-6-9-21-16(22)8-7-15(19-21)18(24)25-12-17(23)20(10-13(2)3)11-14(4)5/h7-8,13-14H,6,9-12H2,1-5H3. The van der Waals surface area contributed by atoms with Crippen molar-refractivity contribution in [3.63, 3.8) is 0 Å². The average Bonchev–Trinajstić information content (AvgIpc) is 2.53. The van der Waals surface area contributed by atoms with E-state index >= 15 is 0 Å². The summed E-state index contributed by atoms with van der Waals surface area (Å²) in [6.45, 7) is 11.4. The molecular formula is C18H29N3O4. The van der Waals surface area contributed by atoms with E-state index < -0.39 is 5.97 Å². The van der Waals surface area contributed by atoms with Crippen LogP contribution in [0.15, 0.2) is 16.9 Å². The summed E-state index contributed by atoms with van der Waals surface area (Å²) in [5, 5.41) is 3.99. The molecule has 0 aliphatic heterocycles. The molecule has 1 heterocycles. The molecule has 0 aliphatic rings. The Morgan fingerprint density at radius 1 is 1.16 bits per heavy atom. The highest BCUT2D eigenvalue weighted by Gasteiger charge is 2.19. The Kier molecular flexibility index (Phi) is 8.31. The zero-order chi connectivity index (χ0) is 19.0. The van der Waals surface area contributed by atoms with Gasteiger partial charge in [-0.1, -0.05) is 34.6 Å². The van der Waals surface area contributed by atoms with Crippen molar-refractivity contribution in [2.24, 2.45) is 11.8 Å². The van der Waals surface area contributed by atoms with Gasteiger partial charge in [0.25, 0.3) is 11.5 Å². The fourth-order valence-electron chi connectivity index (χ4n) is 2.38. The first-order valence-electron chi connectivity index (χ1n) is 8.77. The van der Waals surface area contributed by atoms with E-state index in [1.807, 2.05) is 34.6 Å². The van der Waals surface area contributed by atoms with Crippen LogP contribution in [0.1, 0.15) is 51.5 Å². The van der Waals surface area contributed by atoms with Crippen LogP contribution in [0.4, 0.5) is 0 Å². The number of hydrogen-bond acceptors (Lipinski definition) is 5. The van der Waals surface area contributed by atoms with E-state index in [9.17, 15) is 14.4 Å². The lowest BCUT2D eigenvalue weighted by Gasteiger charge is -2.26. The van der Waals surface area contributed by atoms with Crippen LogP contribution >= 0.6 is 0 Å². The minimum Gasteiger partial charge on any atom is -0.451 e. The molecule has 0 unspecified atom stereocenters. The molecule has 1 aromatic rings. The van der Waals surface area contributed by atoms with Crippen LogP contribution < -0.4 is 5.56 Å². The van der Waals surface area contributed by atoms with Gasteiger partial charge in [-0.2, -0.15) is 5.10 Å². The van der Waals surface area contributed by atoms with Crippen molar-refractivity contribution in [1.29, 1.82) is 0 Å². The van der Waals surface area contributed by atoms with Crippen molar-refractivity contribution in [3.8, 4) is 0 Å². The molecule has 0 aromatic carbocycles. The molecule has 1 amide bonds. The molecule has 7 nitrogen and oxygen atoms in total. The largest absolute Gasteiger partial charge is 0.451 e. The molecule has 140 valence electrons. The van der Waals surface area contributed by atoms with Crippen LogP contribution in [0.5, 0.6) is 0 Å². The quantitative estimate of drug-likeness (QED) is 0.635. The highest BCUT2D eigenvalue weighted by Crippen LogP contribution is 2.05. The Hall–Kier alpha value is -2.18. The van der Waals surface area contributed by atoms with Gasteiger partial charge in [-0.05, 0) is 24.3 Å². The van der Waals surface area contributed by atoms with Gasteiger partial charge in [0.05, 0.1) is 0 Å². The molecule has 25 heavy (non-hydrogen) atoms. The number of carbonyl (C=O) groups excluding carboxylic acids is 2. The number of nitrogens with zero attached hydrogens (tertiary/aromatic N) is 3. The van der Waals surface area contributed by atoms with Crippen LogP contribution in [0.3, 0.4) is 0 Å². The third kappa shape index (κ3) is 7.07. The topological polar surface area (TPSA) is 81.5 Å². The third-order valence-corrected chi connectivity index (χ3v) is 3.36. The Labute approximate surface area is 149 Å². The lowest BCUT2D eigenvalue weighted by atomic mass is 10.1. The summed E-state index contributed by atoms with van der Waals surface area (Å²) >= 11 is 0. The maximum absolute atomic E-state index is 12.3. The summed E-state index contributed by atoms with van der Waals surface area (Å²) in [5.41, 5.74) is -0.241. The van der Waals surface area contributed by atoms with Gasteiger partial charge in [0.2, 0.25) is 0 Å². The maximum atomic E-state index is 12.3. The molecule has 0 aliphatic carbocycles. The van der Waals surface area contributed by atoms with E-state index in [-0.39, 0.29) is 23.8 Å². The van der Waals surface area contributed by atoms with Crippen molar-refractivity contribution in [2.75, 3.05) is 19.7 Å². The summed E-state index contributed by atoms with van der Waals surface area (Å²) in [7, 11) is 0. The zero-order valence-corrected chi connectivity index (χ0v) is 15.8. The first-order valence-corrected chi connectivity index (χ1v) is 8.77. The summed E-state index contributed by atoms with van der Waals surface area (Å²) in [5.74, 6) is -0.264. The van der Waals surface area contributed by atoms with Gasteiger partial charge in [-0.25, -0.2) is 9.48 Å². The molecule has 0 atom stereocenters. The number of carbonyl (C=O) groups is 2. The maximum Gasteiger partial charge on any atom is 0.359 e. The molecule has 1 rings (SSSR count). The summed E-state index contributed by atoms with van der Waals surface area (Å²) in [4.78, 5) is 37.8. The molecule has 0 bridgehead atoms. The summed E-state index contributed by atoms with van der Waals surface area (Å²) in [6, 6.07) is 2.60. The lowest BCUT2D eigenvalue weighted by molar-refractivity contribution is -0.135. The molecule has 0 N–H and O–H groups in total. The van der Waals surface area contributed by atoms with Crippen LogP contribution in [0, 0.1) is 11.8 Å². The fourth-order valence-corrected chi connectivity index (χ4v) is 2.38. The number of aryl methyl sites for hydroxylation is 1. The highest BCUT2D eigenvalue weighted by molar-refractivity contribution is 5.89. The monoisotopic (exact) mass is 351 g/mol. The molecule has 0 radical (unpaired) electrons. The van der Waals surface area contributed by atoms with Gasteiger partial charge in [-0.15, -0.1) is 0 Å². The van der Waals surface area contributed by atoms with Gasteiger partial charge in [0.15, 0.2) is 12.3 Å². The Bertz CT molecular complexity index is 627. The molecule has 0 saturated heterocycles.